The summed E-state index contributed by atoms with van der Waals surface area (Å²) in [4.78, 5) is 19.2. The van der Waals surface area contributed by atoms with Gasteiger partial charge in [-0.05, 0) is 59.9 Å². The van der Waals surface area contributed by atoms with Crippen molar-refractivity contribution < 1.29 is 23.0 Å². The van der Waals surface area contributed by atoms with Crippen LogP contribution in [0.25, 0.3) is 22.0 Å². The number of anilines is 3. The Morgan fingerprint density at radius 2 is 1.75 bits per heavy atom. The Labute approximate surface area is 280 Å². The number of carbonyl (C=O) groups excluding carboxylic acids is 1. The molecule has 11 heteroatoms. The Morgan fingerprint density at radius 3 is 2.54 bits per heavy atom. The van der Waals surface area contributed by atoms with Gasteiger partial charge in [-0.3, -0.25) is 10.5 Å². The summed E-state index contributed by atoms with van der Waals surface area (Å²) in [6, 6.07) is 28.0. The zero-order valence-electron chi connectivity index (χ0n) is 26.8. The van der Waals surface area contributed by atoms with Crippen LogP contribution in [0.1, 0.15) is 44.1 Å². The molecule has 0 bridgehead atoms. The molecule has 1 unspecified atom stereocenters. The van der Waals surface area contributed by atoms with E-state index in [0.29, 0.717) is 54.0 Å². The molecule has 2 heterocycles. The first-order chi connectivity index (χ1) is 23.3. The summed E-state index contributed by atoms with van der Waals surface area (Å²) in [6.45, 7) is 1.26. The molecule has 2 aliphatic rings. The van der Waals surface area contributed by atoms with Crippen molar-refractivity contribution in [3.05, 3.63) is 96.6 Å². The first kappa shape index (κ1) is 31.7. The highest BCUT2D eigenvalue weighted by Gasteiger charge is 2.36. The second kappa shape index (κ2) is 13.3. The van der Waals surface area contributed by atoms with E-state index in [0.717, 1.165) is 41.4 Å². The van der Waals surface area contributed by atoms with Crippen molar-refractivity contribution in [2.24, 2.45) is 11.1 Å². The number of primary sulfonamides is 1. The quantitative estimate of drug-likeness (QED) is 0.185. The van der Waals surface area contributed by atoms with Gasteiger partial charge in [0.15, 0.2) is 0 Å². The summed E-state index contributed by atoms with van der Waals surface area (Å²) < 4.78 is 30.8. The lowest BCUT2D eigenvalue weighted by Crippen LogP contribution is -2.52. The van der Waals surface area contributed by atoms with Crippen molar-refractivity contribution in [2.75, 3.05) is 28.7 Å². The molecule has 4 aromatic carbocycles. The Bertz CT molecular complexity index is 2040. The van der Waals surface area contributed by atoms with Crippen molar-refractivity contribution in [2.45, 2.75) is 56.0 Å². The second-order valence-electron chi connectivity index (χ2n) is 12.8. The third kappa shape index (κ3) is 6.48. The zero-order chi connectivity index (χ0) is 33.3. The van der Waals surface area contributed by atoms with Gasteiger partial charge in [-0.2, -0.15) is 5.10 Å². The molecule has 0 spiro atoms. The SMILES string of the molecule is Nc1[nH+][nH]c2ccc(N(Cc3ccccc3)C(CC3CCCCC3)C(=O)N3CCOc4cc(-c5ccccc5S(N)(=O)=O)ccc43)cc12. The third-order valence-corrected chi connectivity index (χ3v) is 10.7. The molecule has 1 amide bonds. The minimum atomic E-state index is -3.95. The molecule has 5 aromatic rings. The van der Waals surface area contributed by atoms with E-state index in [1.165, 1.54) is 25.3 Å². The molecule has 0 saturated heterocycles. The summed E-state index contributed by atoms with van der Waals surface area (Å²) in [5.41, 5.74) is 11.0. The molecule has 1 aliphatic carbocycles. The van der Waals surface area contributed by atoms with Crippen molar-refractivity contribution >= 4 is 44.0 Å². The normalized spacial score (nSPS) is 15.9. The van der Waals surface area contributed by atoms with Crippen molar-refractivity contribution in [3.63, 3.8) is 0 Å². The number of benzene rings is 4. The maximum Gasteiger partial charge on any atom is 0.298 e. The lowest BCUT2D eigenvalue weighted by atomic mass is 9.84. The van der Waals surface area contributed by atoms with E-state index in [-0.39, 0.29) is 10.8 Å². The van der Waals surface area contributed by atoms with Gasteiger partial charge in [0.1, 0.15) is 18.4 Å². The van der Waals surface area contributed by atoms with Crippen LogP contribution in [0.15, 0.2) is 95.9 Å². The summed E-state index contributed by atoms with van der Waals surface area (Å²) >= 11 is 0. The number of amides is 1. The molecule has 7 rings (SSSR count). The molecular formula is C37H41N6O4S+. The number of aromatic amines is 2. The van der Waals surface area contributed by atoms with E-state index in [1.807, 2.05) is 41.3 Å². The highest BCUT2D eigenvalue weighted by molar-refractivity contribution is 7.89. The van der Waals surface area contributed by atoms with Gasteiger partial charge in [-0.15, -0.1) is 0 Å². The van der Waals surface area contributed by atoms with Gasteiger partial charge in [0.05, 0.1) is 28.0 Å². The van der Waals surface area contributed by atoms with E-state index in [9.17, 15) is 8.42 Å². The number of fused-ring (bicyclic) bond motifs is 2. The number of sulfonamides is 1. The standard InChI is InChI=1S/C37H40N6O4S/c38-36-30-23-28(16-17-31(30)40-41-36)43(24-26-11-5-2-6-12-26)33(21-25-9-3-1-4-10-25)37(44)42-19-20-47-34-22-27(15-18-32(34)42)29-13-7-8-14-35(29)48(39,45)46/h2,5-8,11-18,22-23,25,33H,1,3-4,9-10,19-21,24H2,(H3,38,40,41)(H2,39,45,46)/p+1. The molecule has 1 atom stereocenters. The number of carbonyl (C=O) groups is 1. The summed E-state index contributed by atoms with van der Waals surface area (Å²) in [6.07, 6.45) is 6.52. The third-order valence-electron chi connectivity index (χ3n) is 9.69. The summed E-state index contributed by atoms with van der Waals surface area (Å²) in [7, 11) is -3.95. The van der Waals surface area contributed by atoms with E-state index >= 15 is 4.79 Å². The topological polar surface area (TPSA) is 149 Å². The van der Waals surface area contributed by atoms with Gasteiger partial charge in [0, 0.05) is 17.8 Å². The minimum Gasteiger partial charge on any atom is -0.490 e. The fourth-order valence-corrected chi connectivity index (χ4v) is 8.02. The molecule has 0 radical (unpaired) electrons. The van der Waals surface area contributed by atoms with E-state index < -0.39 is 16.1 Å². The molecule has 48 heavy (non-hydrogen) atoms. The molecule has 248 valence electrons. The monoisotopic (exact) mass is 665 g/mol. The van der Waals surface area contributed by atoms with E-state index in [4.69, 9.17) is 15.6 Å². The van der Waals surface area contributed by atoms with Gasteiger partial charge in [-0.1, -0.05) is 86.7 Å². The molecule has 10 nitrogen and oxygen atoms in total. The van der Waals surface area contributed by atoms with Gasteiger partial charge in [0.2, 0.25) is 15.9 Å². The number of aromatic nitrogens is 2. The number of rotatable bonds is 9. The molecule has 1 aliphatic heterocycles. The number of H-pyrrole nitrogens is 2. The van der Waals surface area contributed by atoms with Crippen LogP contribution in [-0.2, 0) is 21.4 Å². The van der Waals surface area contributed by atoms with Gasteiger partial charge in [0.25, 0.3) is 5.82 Å². The van der Waals surface area contributed by atoms with Crippen LogP contribution in [0, 0.1) is 5.92 Å². The predicted octanol–water partition coefficient (Wildman–Crippen LogP) is 5.65. The first-order valence-corrected chi connectivity index (χ1v) is 18.1. The highest BCUT2D eigenvalue weighted by Crippen LogP contribution is 2.40. The number of hydrogen-bond donors (Lipinski definition) is 3. The highest BCUT2D eigenvalue weighted by atomic mass is 32.2. The number of hydrogen-bond acceptors (Lipinski definition) is 6. The average molecular weight is 666 g/mol. The van der Waals surface area contributed by atoms with Crippen LogP contribution in [0.2, 0.25) is 0 Å². The van der Waals surface area contributed by atoms with Crippen LogP contribution in [0.4, 0.5) is 17.2 Å². The average Bonchev–Trinajstić information content (AvgIpc) is 3.49. The lowest BCUT2D eigenvalue weighted by Gasteiger charge is -2.40. The summed E-state index contributed by atoms with van der Waals surface area (Å²) in [5.74, 6) is 1.51. The maximum atomic E-state index is 15.1. The van der Waals surface area contributed by atoms with Crippen molar-refractivity contribution in [3.8, 4) is 16.9 Å². The van der Waals surface area contributed by atoms with Gasteiger partial charge < -0.3 is 14.5 Å². The van der Waals surface area contributed by atoms with Crippen LogP contribution in [0.3, 0.4) is 0 Å². The number of nitrogen functional groups attached to an aromatic ring is 1. The lowest BCUT2D eigenvalue weighted by molar-refractivity contribution is -0.430. The van der Waals surface area contributed by atoms with E-state index in [1.54, 1.807) is 24.3 Å². The Kier molecular flexibility index (Phi) is 8.81. The second-order valence-corrected chi connectivity index (χ2v) is 14.4. The molecule has 1 aromatic heterocycles. The Hall–Kier alpha value is -4.87. The largest absolute Gasteiger partial charge is 0.490 e. The summed E-state index contributed by atoms with van der Waals surface area (Å²) in [5, 5.41) is 12.5. The maximum absolute atomic E-state index is 15.1. The number of nitrogens with two attached hydrogens (primary N) is 2. The molecular weight excluding hydrogens is 625 g/mol. The van der Waals surface area contributed by atoms with Crippen molar-refractivity contribution in [1.82, 2.24) is 5.10 Å². The molecule has 6 N–H and O–H groups in total. The first-order valence-electron chi connectivity index (χ1n) is 16.6. The van der Waals surface area contributed by atoms with Crippen LogP contribution in [-0.4, -0.2) is 38.6 Å². The smallest absolute Gasteiger partial charge is 0.298 e. The molecule has 1 fully saturated rings. The van der Waals surface area contributed by atoms with Crippen LogP contribution < -0.4 is 30.5 Å². The fraction of sp³-hybridized carbons (Fsp3) is 0.297. The number of nitrogens with zero attached hydrogens (tertiary/aromatic N) is 2. The van der Waals surface area contributed by atoms with Gasteiger partial charge in [-0.25, -0.2) is 18.7 Å². The molecule has 1 saturated carbocycles. The fourth-order valence-electron chi connectivity index (χ4n) is 7.26. The van der Waals surface area contributed by atoms with Crippen molar-refractivity contribution in [1.29, 1.82) is 0 Å². The minimum absolute atomic E-state index is 0.00689. The number of nitrogens with one attached hydrogen (secondary N) is 2. The Balaban J connectivity index is 1.29. The van der Waals surface area contributed by atoms with Crippen LogP contribution in [0.5, 0.6) is 5.75 Å². The predicted molar refractivity (Wildman–Crippen MR) is 188 cm³/mol. The van der Waals surface area contributed by atoms with E-state index in [2.05, 4.69) is 39.4 Å². The Morgan fingerprint density at radius 1 is 0.979 bits per heavy atom. The number of ether oxygens (including phenoxy) is 1. The van der Waals surface area contributed by atoms with Crippen LogP contribution >= 0.6 is 0 Å². The van der Waals surface area contributed by atoms with Gasteiger partial charge >= 0.3 is 0 Å². The zero-order valence-corrected chi connectivity index (χ0v) is 27.6.